The summed E-state index contributed by atoms with van der Waals surface area (Å²) in [5, 5.41) is 7.75. The Bertz CT molecular complexity index is 3200. The molecule has 0 amide bonds. The van der Waals surface area contributed by atoms with Crippen molar-refractivity contribution in [3.8, 4) is 33.4 Å². The van der Waals surface area contributed by atoms with Gasteiger partial charge in [-0.15, -0.1) is 22.7 Å². The van der Waals surface area contributed by atoms with Crippen molar-refractivity contribution in [3.05, 3.63) is 200 Å². The van der Waals surface area contributed by atoms with Crippen LogP contribution in [-0.4, -0.2) is 0 Å². The van der Waals surface area contributed by atoms with Crippen LogP contribution in [0.25, 0.3) is 84.5 Å². The quantitative estimate of drug-likeness (QED) is 0.164. The largest absolute Gasteiger partial charge is 0.310 e. The third kappa shape index (κ3) is 5.60. The second-order valence-corrected chi connectivity index (χ2v) is 16.3. The van der Waals surface area contributed by atoms with Crippen LogP contribution >= 0.6 is 22.7 Å². The van der Waals surface area contributed by atoms with Crippen molar-refractivity contribution in [1.29, 1.82) is 0 Å². The van der Waals surface area contributed by atoms with Crippen molar-refractivity contribution in [2.45, 2.75) is 0 Å². The summed E-state index contributed by atoms with van der Waals surface area (Å²) in [4.78, 5) is 2.43. The van der Waals surface area contributed by atoms with Crippen LogP contribution in [0.15, 0.2) is 200 Å². The molecule has 0 saturated heterocycles. The highest BCUT2D eigenvalue weighted by Crippen LogP contribution is 2.45. The minimum atomic E-state index is 1.12. The first-order chi connectivity index (χ1) is 27.2. The van der Waals surface area contributed by atoms with Crippen LogP contribution in [-0.2, 0) is 0 Å². The first-order valence-corrected chi connectivity index (χ1v) is 20.3. The Kier molecular flexibility index (Phi) is 7.61. The summed E-state index contributed by atoms with van der Waals surface area (Å²) in [5.74, 6) is 0. The van der Waals surface area contributed by atoms with Crippen LogP contribution in [0.2, 0.25) is 0 Å². The van der Waals surface area contributed by atoms with Gasteiger partial charge in [-0.3, -0.25) is 0 Å². The molecule has 0 aliphatic carbocycles. The Morgan fingerprint density at radius 3 is 1.56 bits per heavy atom. The van der Waals surface area contributed by atoms with Crippen LogP contribution in [0.3, 0.4) is 0 Å². The van der Waals surface area contributed by atoms with Gasteiger partial charge in [0.2, 0.25) is 0 Å². The lowest BCUT2D eigenvalue weighted by atomic mass is 9.97. The van der Waals surface area contributed by atoms with Gasteiger partial charge in [0, 0.05) is 51.7 Å². The number of hydrogen-bond donors (Lipinski definition) is 0. The molecule has 0 fully saturated rings. The molecule has 0 radical (unpaired) electrons. The van der Waals surface area contributed by atoms with Crippen molar-refractivity contribution in [2.75, 3.05) is 4.90 Å². The summed E-state index contributed by atoms with van der Waals surface area (Å²) in [6, 6.07) is 73.5. The minimum Gasteiger partial charge on any atom is -0.310 e. The highest BCUT2D eigenvalue weighted by atomic mass is 32.1. The fourth-order valence-electron chi connectivity index (χ4n) is 8.13. The molecule has 258 valence electrons. The van der Waals surface area contributed by atoms with E-state index in [1.54, 1.807) is 0 Å². The summed E-state index contributed by atoms with van der Waals surface area (Å²) in [6.07, 6.45) is 0. The van der Waals surface area contributed by atoms with Crippen molar-refractivity contribution in [2.24, 2.45) is 0 Å². The summed E-state index contributed by atoms with van der Waals surface area (Å²) in [6.45, 7) is 0. The Labute approximate surface area is 327 Å². The lowest BCUT2D eigenvalue weighted by Gasteiger charge is -2.27. The maximum absolute atomic E-state index is 2.43. The molecule has 0 spiro atoms. The predicted molar refractivity (Wildman–Crippen MR) is 241 cm³/mol. The molecule has 0 unspecified atom stereocenters. The number of thiophene rings is 2. The summed E-state index contributed by atoms with van der Waals surface area (Å²) >= 11 is 3.73. The highest BCUT2D eigenvalue weighted by Gasteiger charge is 2.19. The third-order valence-electron chi connectivity index (χ3n) is 10.9. The summed E-state index contributed by atoms with van der Waals surface area (Å²) in [7, 11) is 0. The van der Waals surface area contributed by atoms with E-state index >= 15 is 0 Å². The van der Waals surface area contributed by atoms with Gasteiger partial charge in [-0.25, -0.2) is 0 Å². The number of nitrogens with zero attached hydrogens (tertiary/aromatic N) is 1. The van der Waals surface area contributed by atoms with E-state index in [9.17, 15) is 0 Å². The average Bonchev–Trinajstić information content (AvgIpc) is 3.83. The molecule has 0 saturated carbocycles. The number of fused-ring (bicyclic) bond motifs is 7. The fourth-order valence-corrected chi connectivity index (χ4v) is 10.4. The van der Waals surface area contributed by atoms with E-state index in [1.807, 2.05) is 22.7 Å². The zero-order valence-electron chi connectivity index (χ0n) is 29.8. The molecule has 1 nitrogen and oxygen atoms in total. The molecule has 0 aliphatic rings. The van der Waals surface area contributed by atoms with Crippen LogP contribution in [0, 0.1) is 0 Å². The normalized spacial score (nSPS) is 11.6. The van der Waals surface area contributed by atoms with Gasteiger partial charge in [-0.05, 0) is 111 Å². The first kappa shape index (κ1) is 32.0. The molecule has 0 atom stereocenters. The van der Waals surface area contributed by atoms with Gasteiger partial charge < -0.3 is 4.90 Å². The topological polar surface area (TPSA) is 3.24 Å². The Balaban J connectivity index is 0.994. The van der Waals surface area contributed by atoms with Crippen LogP contribution < -0.4 is 4.90 Å². The van der Waals surface area contributed by atoms with Crippen molar-refractivity contribution < 1.29 is 0 Å². The Hall–Kier alpha value is -6.52. The van der Waals surface area contributed by atoms with Gasteiger partial charge in [0.1, 0.15) is 0 Å². The number of anilines is 3. The molecule has 9 aromatic carbocycles. The van der Waals surface area contributed by atoms with Gasteiger partial charge in [0.15, 0.2) is 0 Å². The molecule has 0 N–H and O–H groups in total. The second-order valence-electron chi connectivity index (χ2n) is 14.1. The maximum atomic E-state index is 2.43. The molecule has 3 heteroatoms. The van der Waals surface area contributed by atoms with E-state index in [2.05, 4.69) is 205 Å². The average molecular weight is 736 g/mol. The SMILES string of the molecule is c1cc(-c2ccc(N(c3ccc(-c4ccc5c(c4)sc4ccccc45)cc3)c3cccc4sc5ccccc5c34)cc2)cc(-c2ccc3ccccc3c2)c1. The Morgan fingerprint density at radius 1 is 0.291 bits per heavy atom. The minimum absolute atomic E-state index is 1.12. The summed E-state index contributed by atoms with van der Waals surface area (Å²) < 4.78 is 5.25. The first-order valence-electron chi connectivity index (χ1n) is 18.7. The van der Waals surface area contributed by atoms with Gasteiger partial charge in [0.05, 0.1) is 5.69 Å². The standard InChI is InChI=1S/C52H33NS2/c1-2-10-37-32-40(20-19-34(37)9-1)39-12-7-11-38(31-39)35-21-26-42(27-22-35)53(47-15-8-18-50-52(47)46-14-4-6-17-49(46)54-50)43-28-23-36(24-29-43)41-25-30-45-44-13-3-5-16-48(44)55-51(45)33-41/h1-33H. The number of benzene rings is 9. The van der Waals surface area contributed by atoms with Crippen LogP contribution in [0.5, 0.6) is 0 Å². The third-order valence-corrected chi connectivity index (χ3v) is 13.1. The lowest BCUT2D eigenvalue weighted by molar-refractivity contribution is 1.30. The molecule has 2 heterocycles. The molecule has 0 aliphatic heterocycles. The molecule has 11 aromatic rings. The van der Waals surface area contributed by atoms with Crippen LogP contribution in [0.1, 0.15) is 0 Å². The van der Waals surface area contributed by atoms with E-state index in [4.69, 9.17) is 0 Å². The van der Waals surface area contributed by atoms with E-state index in [0.717, 1.165) is 11.4 Å². The van der Waals surface area contributed by atoms with E-state index < -0.39 is 0 Å². The molecule has 2 aromatic heterocycles. The van der Waals surface area contributed by atoms with Gasteiger partial charge in [0.25, 0.3) is 0 Å². The van der Waals surface area contributed by atoms with Crippen molar-refractivity contribution in [3.63, 3.8) is 0 Å². The molecular formula is C52H33NS2. The zero-order valence-corrected chi connectivity index (χ0v) is 31.4. The smallest absolute Gasteiger partial charge is 0.0554 e. The maximum Gasteiger partial charge on any atom is 0.0554 e. The molecule has 11 rings (SSSR count). The second kappa shape index (κ2) is 13.1. The lowest BCUT2D eigenvalue weighted by Crippen LogP contribution is -2.10. The zero-order chi connectivity index (χ0) is 36.3. The number of hydrogen-bond acceptors (Lipinski definition) is 3. The summed E-state index contributed by atoms with van der Waals surface area (Å²) in [5.41, 5.74) is 10.7. The van der Waals surface area contributed by atoms with E-state index in [0.29, 0.717) is 0 Å². The van der Waals surface area contributed by atoms with E-state index in [-0.39, 0.29) is 0 Å². The highest BCUT2D eigenvalue weighted by molar-refractivity contribution is 7.26. The van der Waals surface area contributed by atoms with Gasteiger partial charge in [-0.2, -0.15) is 0 Å². The monoisotopic (exact) mass is 735 g/mol. The number of rotatable bonds is 6. The van der Waals surface area contributed by atoms with Crippen molar-refractivity contribution in [1.82, 2.24) is 0 Å². The molecule has 55 heavy (non-hydrogen) atoms. The predicted octanol–water partition coefficient (Wildman–Crippen LogP) is 16.0. The van der Waals surface area contributed by atoms with Gasteiger partial charge in [-0.1, -0.05) is 133 Å². The van der Waals surface area contributed by atoms with Crippen LogP contribution in [0.4, 0.5) is 17.1 Å². The fraction of sp³-hybridized carbons (Fsp3) is 0. The molecule has 0 bridgehead atoms. The molecular weight excluding hydrogens is 703 g/mol. The van der Waals surface area contributed by atoms with E-state index in [1.165, 1.54) is 90.2 Å². The van der Waals surface area contributed by atoms with Crippen molar-refractivity contribution >= 4 is 90.9 Å². The van der Waals surface area contributed by atoms with Gasteiger partial charge >= 0.3 is 0 Å². The Morgan fingerprint density at radius 2 is 0.800 bits per heavy atom.